The van der Waals surface area contributed by atoms with Gasteiger partial charge in [-0.1, -0.05) is 12.1 Å². The molecule has 1 aromatic rings. The van der Waals surface area contributed by atoms with E-state index in [1.165, 1.54) is 6.08 Å². The average Bonchev–Trinajstić information content (AvgIpc) is 2.42. The van der Waals surface area contributed by atoms with Crippen molar-refractivity contribution in [1.29, 1.82) is 5.26 Å². The Morgan fingerprint density at radius 1 is 1.38 bits per heavy atom. The first-order valence-corrected chi connectivity index (χ1v) is 6.29. The molecule has 1 amide bonds. The predicted molar refractivity (Wildman–Crippen MR) is 76.4 cm³/mol. The molecule has 2 N–H and O–H groups in total. The molecule has 1 aromatic carbocycles. The van der Waals surface area contributed by atoms with E-state index < -0.39 is 18.5 Å². The van der Waals surface area contributed by atoms with Gasteiger partial charge in [0, 0.05) is 6.04 Å². The van der Waals surface area contributed by atoms with Crippen molar-refractivity contribution in [2.75, 3.05) is 6.61 Å². The Morgan fingerprint density at radius 3 is 2.48 bits per heavy atom. The Balaban J connectivity index is 2.80. The maximum absolute atomic E-state index is 11.7. The molecule has 0 unspecified atom stereocenters. The first kappa shape index (κ1) is 16.2. The van der Waals surface area contributed by atoms with Crippen LogP contribution in [0.4, 0.5) is 0 Å². The molecule has 21 heavy (non-hydrogen) atoms. The quantitative estimate of drug-likeness (QED) is 0.611. The van der Waals surface area contributed by atoms with Crippen LogP contribution in [0.25, 0.3) is 6.08 Å². The summed E-state index contributed by atoms with van der Waals surface area (Å²) in [5.41, 5.74) is 0.649. The fraction of sp³-hybridized carbons (Fsp3) is 0.267. The second-order valence-corrected chi connectivity index (χ2v) is 4.55. The molecular weight excluding hydrogens is 272 g/mol. The number of carboxylic acid groups (broad SMARTS) is 1. The number of aliphatic carboxylic acids is 1. The van der Waals surface area contributed by atoms with Crippen molar-refractivity contribution in [3.63, 3.8) is 0 Å². The van der Waals surface area contributed by atoms with Gasteiger partial charge in [0.15, 0.2) is 6.61 Å². The molecular formula is C15H16N2O4. The molecule has 0 saturated heterocycles. The van der Waals surface area contributed by atoms with Crippen molar-refractivity contribution >= 4 is 18.0 Å². The molecule has 110 valence electrons. The molecule has 0 saturated carbocycles. The van der Waals surface area contributed by atoms with Crippen LogP contribution in [-0.2, 0) is 9.59 Å². The van der Waals surface area contributed by atoms with E-state index >= 15 is 0 Å². The summed E-state index contributed by atoms with van der Waals surface area (Å²) in [5.74, 6) is -1.09. The maximum atomic E-state index is 11.7. The summed E-state index contributed by atoms with van der Waals surface area (Å²) < 4.78 is 4.99. The van der Waals surface area contributed by atoms with Gasteiger partial charge in [-0.05, 0) is 37.6 Å². The molecule has 6 nitrogen and oxygen atoms in total. The van der Waals surface area contributed by atoms with Crippen LogP contribution in [0.5, 0.6) is 5.75 Å². The highest BCUT2D eigenvalue weighted by atomic mass is 16.5. The number of carbonyl (C=O) groups excluding carboxylic acids is 1. The predicted octanol–water partition coefficient (Wildman–Crippen LogP) is 1.58. The standard InChI is InChI=1S/C15H16N2O4/c1-10(2)17-15(20)12(8-16)7-11-3-5-13(6-4-11)21-9-14(18)19/h3-7,10H,9H2,1-2H3,(H,17,20)(H,18,19)/b12-7+. The number of nitriles is 1. The molecule has 0 bridgehead atoms. The lowest BCUT2D eigenvalue weighted by atomic mass is 10.1. The highest BCUT2D eigenvalue weighted by Gasteiger charge is 2.09. The molecule has 6 heteroatoms. The van der Waals surface area contributed by atoms with Gasteiger partial charge < -0.3 is 15.2 Å². The minimum absolute atomic E-state index is 0.00269. The van der Waals surface area contributed by atoms with Gasteiger partial charge in [-0.3, -0.25) is 4.79 Å². The Kier molecular flexibility index (Phi) is 5.96. The number of carbonyl (C=O) groups is 2. The van der Waals surface area contributed by atoms with E-state index in [1.807, 2.05) is 19.9 Å². The SMILES string of the molecule is CC(C)NC(=O)/C(C#N)=C/c1ccc(OCC(=O)O)cc1. The summed E-state index contributed by atoms with van der Waals surface area (Å²) in [5, 5.41) is 20.1. The molecule has 0 radical (unpaired) electrons. The first-order chi connectivity index (χ1) is 9.92. The monoisotopic (exact) mass is 288 g/mol. The van der Waals surface area contributed by atoms with Gasteiger partial charge in [0.25, 0.3) is 5.91 Å². The van der Waals surface area contributed by atoms with E-state index in [0.29, 0.717) is 11.3 Å². The largest absolute Gasteiger partial charge is 0.482 e. The Hall–Kier alpha value is -2.81. The van der Waals surface area contributed by atoms with E-state index in [9.17, 15) is 9.59 Å². The molecule has 0 aliphatic rings. The fourth-order valence-electron chi connectivity index (χ4n) is 1.46. The zero-order chi connectivity index (χ0) is 15.8. The smallest absolute Gasteiger partial charge is 0.341 e. The van der Waals surface area contributed by atoms with E-state index in [2.05, 4.69) is 5.32 Å². The lowest BCUT2D eigenvalue weighted by molar-refractivity contribution is -0.139. The van der Waals surface area contributed by atoms with Gasteiger partial charge in [-0.25, -0.2) is 4.79 Å². The third-order valence-electron chi connectivity index (χ3n) is 2.34. The van der Waals surface area contributed by atoms with Gasteiger partial charge in [0.05, 0.1) is 0 Å². The summed E-state index contributed by atoms with van der Waals surface area (Å²) in [7, 11) is 0. The normalized spacial score (nSPS) is 10.9. The second kappa shape index (κ2) is 7.70. The van der Waals surface area contributed by atoms with Crippen molar-refractivity contribution in [2.24, 2.45) is 0 Å². The van der Waals surface area contributed by atoms with E-state index in [4.69, 9.17) is 15.1 Å². The number of benzene rings is 1. The number of hydrogen-bond acceptors (Lipinski definition) is 4. The van der Waals surface area contributed by atoms with Crippen LogP contribution in [-0.4, -0.2) is 29.6 Å². The Bertz CT molecular complexity index is 583. The molecule has 0 heterocycles. The average molecular weight is 288 g/mol. The first-order valence-electron chi connectivity index (χ1n) is 6.29. The van der Waals surface area contributed by atoms with E-state index in [1.54, 1.807) is 24.3 Å². The minimum atomic E-state index is -1.06. The van der Waals surface area contributed by atoms with Crippen LogP contribution in [0.2, 0.25) is 0 Å². The lowest BCUT2D eigenvalue weighted by Gasteiger charge is -2.07. The van der Waals surface area contributed by atoms with Crippen LogP contribution in [0.1, 0.15) is 19.4 Å². The molecule has 0 spiro atoms. The minimum Gasteiger partial charge on any atom is -0.482 e. The lowest BCUT2D eigenvalue weighted by Crippen LogP contribution is -2.30. The van der Waals surface area contributed by atoms with Crippen molar-refractivity contribution in [2.45, 2.75) is 19.9 Å². The second-order valence-electron chi connectivity index (χ2n) is 4.55. The molecule has 0 atom stereocenters. The third-order valence-corrected chi connectivity index (χ3v) is 2.34. The highest BCUT2D eigenvalue weighted by molar-refractivity contribution is 6.01. The van der Waals surface area contributed by atoms with Crippen molar-refractivity contribution in [1.82, 2.24) is 5.32 Å². The van der Waals surface area contributed by atoms with Gasteiger partial charge in [-0.2, -0.15) is 5.26 Å². The maximum Gasteiger partial charge on any atom is 0.341 e. The molecule has 0 aromatic heterocycles. The number of ether oxygens (including phenoxy) is 1. The van der Waals surface area contributed by atoms with Gasteiger partial charge >= 0.3 is 5.97 Å². The van der Waals surface area contributed by atoms with E-state index in [0.717, 1.165) is 0 Å². The Morgan fingerprint density at radius 2 is 2.00 bits per heavy atom. The summed E-state index contributed by atoms with van der Waals surface area (Å²) in [6.45, 7) is 3.19. The van der Waals surface area contributed by atoms with Gasteiger partial charge in [-0.15, -0.1) is 0 Å². The highest BCUT2D eigenvalue weighted by Crippen LogP contribution is 2.14. The molecule has 1 rings (SSSR count). The number of carboxylic acids is 1. The number of hydrogen-bond donors (Lipinski definition) is 2. The summed E-state index contributed by atoms with van der Waals surface area (Å²) >= 11 is 0. The van der Waals surface area contributed by atoms with Crippen LogP contribution < -0.4 is 10.1 Å². The van der Waals surface area contributed by atoms with Crippen molar-refractivity contribution < 1.29 is 19.4 Å². The van der Waals surface area contributed by atoms with Crippen molar-refractivity contribution in [3.05, 3.63) is 35.4 Å². The summed E-state index contributed by atoms with van der Waals surface area (Å²) in [6.07, 6.45) is 1.46. The number of nitrogens with zero attached hydrogens (tertiary/aromatic N) is 1. The van der Waals surface area contributed by atoms with Crippen LogP contribution >= 0.6 is 0 Å². The third kappa shape index (κ3) is 5.78. The van der Waals surface area contributed by atoms with Crippen molar-refractivity contribution in [3.8, 4) is 11.8 Å². The Labute approximate surface area is 122 Å². The number of amides is 1. The zero-order valence-corrected chi connectivity index (χ0v) is 11.8. The summed E-state index contributed by atoms with van der Waals surface area (Å²) in [6, 6.07) is 8.22. The van der Waals surface area contributed by atoms with Gasteiger partial charge in [0.2, 0.25) is 0 Å². The topological polar surface area (TPSA) is 99.4 Å². The summed E-state index contributed by atoms with van der Waals surface area (Å²) in [4.78, 5) is 22.1. The number of nitrogens with one attached hydrogen (secondary N) is 1. The van der Waals surface area contributed by atoms with Gasteiger partial charge in [0.1, 0.15) is 17.4 Å². The molecule has 0 aliphatic carbocycles. The van der Waals surface area contributed by atoms with Crippen LogP contribution in [0.15, 0.2) is 29.8 Å². The fourth-order valence-corrected chi connectivity index (χ4v) is 1.46. The molecule has 0 aliphatic heterocycles. The zero-order valence-electron chi connectivity index (χ0n) is 11.8. The van der Waals surface area contributed by atoms with Crippen LogP contribution in [0, 0.1) is 11.3 Å². The number of rotatable bonds is 6. The molecule has 0 fully saturated rings. The van der Waals surface area contributed by atoms with Crippen LogP contribution in [0.3, 0.4) is 0 Å². The van der Waals surface area contributed by atoms with E-state index in [-0.39, 0.29) is 11.6 Å².